The molecule has 186 valence electrons. The maximum atomic E-state index is 6.54. The molecule has 4 rings (SSSR count). The SMILES string of the molecule is COCCN(C)[C@H]1CC[C@H](Nc2cc(-c3cccc(NCC4CCOCC4)n3)c(Cl)cn2)CC1. The standard InChI is InChI=1S/C26H38ClN5O2/c1-32(12-15-33-2)21-8-6-20(7-9-21)30-26-16-22(23(27)18-29-26)24-4-3-5-25(31-24)28-17-19-10-13-34-14-11-19/h3-5,16,18-21H,6-15,17H2,1-2H3,(H,28,31)(H,29,30)/t20-,21-. The predicted octanol–water partition coefficient (Wildman–Crippen LogP) is 4.94. The highest BCUT2D eigenvalue weighted by atomic mass is 35.5. The van der Waals surface area contributed by atoms with Crippen LogP contribution in [0.3, 0.4) is 0 Å². The molecule has 1 aliphatic carbocycles. The topological polar surface area (TPSA) is 71.5 Å². The van der Waals surface area contributed by atoms with Crippen LogP contribution in [0.4, 0.5) is 11.6 Å². The first-order valence-corrected chi connectivity index (χ1v) is 12.9. The van der Waals surface area contributed by atoms with Gasteiger partial charge in [0.05, 0.1) is 17.3 Å². The molecular weight excluding hydrogens is 450 g/mol. The highest BCUT2D eigenvalue weighted by Gasteiger charge is 2.24. The van der Waals surface area contributed by atoms with Crippen LogP contribution in [0.25, 0.3) is 11.3 Å². The second kappa shape index (κ2) is 12.7. The molecular formula is C26H38ClN5O2. The zero-order chi connectivity index (χ0) is 23.8. The van der Waals surface area contributed by atoms with E-state index in [0.29, 0.717) is 23.0 Å². The molecule has 7 nitrogen and oxygen atoms in total. The highest BCUT2D eigenvalue weighted by molar-refractivity contribution is 6.33. The molecule has 1 saturated carbocycles. The highest BCUT2D eigenvalue weighted by Crippen LogP contribution is 2.31. The molecule has 2 N–H and O–H groups in total. The molecule has 1 saturated heterocycles. The van der Waals surface area contributed by atoms with Gasteiger partial charge in [0, 0.05) is 57.3 Å². The third kappa shape index (κ3) is 7.04. The molecule has 0 bridgehead atoms. The van der Waals surface area contributed by atoms with E-state index in [9.17, 15) is 0 Å². The van der Waals surface area contributed by atoms with Gasteiger partial charge in [0.2, 0.25) is 0 Å². The summed E-state index contributed by atoms with van der Waals surface area (Å²) in [7, 11) is 3.96. The fourth-order valence-corrected chi connectivity index (χ4v) is 5.08. The lowest BCUT2D eigenvalue weighted by atomic mass is 9.90. The molecule has 34 heavy (non-hydrogen) atoms. The Kier molecular flexibility index (Phi) is 9.39. The quantitative estimate of drug-likeness (QED) is 0.492. The summed E-state index contributed by atoms with van der Waals surface area (Å²) in [5.41, 5.74) is 1.76. The smallest absolute Gasteiger partial charge is 0.126 e. The lowest BCUT2D eigenvalue weighted by Gasteiger charge is -2.35. The summed E-state index contributed by atoms with van der Waals surface area (Å²) < 4.78 is 10.7. The molecule has 2 aromatic rings. The van der Waals surface area contributed by atoms with Gasteiger partial charge in [-0.25, -0.2) is 9.97 Å². The van der Waals surface area contributed by atoms with Crippen LogP contribution in [-0.4, -0.2) is 74.0 Å². The van der Waals surface area contributed by atoms with Crippen LogP contribution in [0, 0.1) is 5.92 Å². The molecule has 3 heterocycles. The van der Waals surface area contributed by atoms with E-state index < -0.39 is 0 Å². The third-order valence-corrected chi connectivity index (χ3v) is 7.41. The Bertz CT molecular complexity index is 901. The molecule has 2 aromatic heterocycles. The maximum absolute atomic E-state index is 6.54. The number of ether oxygens (including phenoxy) is 2. The first-order valence-electron chi connectivity index (χ1n) is 12.5. The van der Waals surface area contributed by atoms with Gasteiger partial charge in [0.15, 0.2) is 0 Å². The lowest BCUT2D eigenvalue weighted by molar-refractivity contribution is 0.0699. The number of hydrogen-bond donors (Lipinski definition) is 2. The van der Waals surface area contributed by atoms with Crippen molar-refractivity contribution in [1.29, 1.82) is 0 Å². The van der Waals surface area contributed by atoms with Crippen molar-refractivity contribution in [1.82, 2.24) is 14.9 Å². The Morgan fingerprint density at radius 1 is 1.12 bits per heavy atom. The van der Waals surface area contributed by atoms with E-state index >= 15 is 0 Å². The number of nitrogens with zero attached hydrogens (tertiary/aromatic N) is 3. The Labute approximate surface area is 208 Å². The van der Waals surface area contributed by atoms with E-state index in [-0.39, 0.29) is 0 Å². The second-order valence-corrected chi connectivity index (χ2v) is 9.92. The minimum atomic E-state index is 0.425. The molecule has 0 unspecified atom stereocenters. The van der Waals surface area contributed by atoms with Crippen molar-refractivity contribution in [2.75, 3.05) is 57.7 Å². The summed E-state index contributed by atoms with van der Waals surface area (Å²) in [5, 5.41) is 7.75. The number of methoxy groups -OCH3 is 1. The van der Waals surface area contributed by atoms with Crippen molar-refractivity contribution in [3.63, 3.8) is 0 Å². The fraction of sp³-hybridized carbons (Fsp3) is 0.615. The average Bonchev–Trinajstić information content (AvgIpc) is 2.88. The van der Waals surface area contributed by atoms with E-state index in [4.69, 9.17) is 26.1 Å². The van der Waals surface area contributed by atoms with Crippen LogP contribution >= 0.6 is 11.6 Å². The number of pyridine rings is 2. The van der Waals surface area contributed by atoms with Gasteiger partial charge in [-0.1, -0.05) is 17.7 Å². The lowest BCUT2D eigenvalue weighted by Crippen LogP contribution is -2.39. The number of halogens is 1. The van der Waals surface area contributed by atoms with Crippen LogP contribution in [0.1, 0.15) is 38.5 Å². The second-order valence-electron chi connectivity index (χ2n) is 9.52. The Morgan fingerprint density at radius 3 is 2.68 bits per heavy atom. The van der Waals surface area contributed by atoms with Crippen molar-refractivity contribution < 1.29 is 9.47 Å². The Hall–Kier alpha value is -1.93. The maximum Gasteiger partial charge on any atom is 0.126 e. The summed E-state index contributed by atoms with van der Waals surface area (Å²) in [6, 6.07) is 9.13. The van der Waals surface area contributed by atoms with Crippen molar-refractivity contribution in [2.24, 2.45) is 5.92 Å². The molecule has 0 spiro atoms. The van der Waals surface area contributed by atoms with Gasteiger partial charge in [0.25, 0.3) is 0 Å². The summed E-state index contributed by atoms with van der Waals surface area (Å²) >= 11 is 6.54. The minimum absolute atomic E-state index is 0.425. The number of hydrogen-bond acceptors (Lipinski definition) is 7. The summed E-state index contributed by atoms with van der Waals surface area (Å²) in [6.45, 7) is 4.40. The van der Waals surface area contributed by atoms with E-state index in [1.54, 1.807) is 13.3 Å². The van der Waals surface area contributed by atoms with Crippen LogP contribution in [0.2, 0.25) is 5.02 Å². The van der Waals surface area contributed by atoms with Crippen LogP contribution in [-0.2, 0) is 9.47 Å². The zero-order valence-electron chi connectivity index (χ0n) is 20.4. The molecule has 2 aliphatic rings. The summed E-state index contributed by atoms with van der Waals surface area (Å²) in [5.74, 6) is 2.37. The van der Waals surface area contributed by atoms with E-state index in [1.165, 1.54) is 12.8 Å². The van der Waals surface area contributed by atoms with E-state index in [1.807, 2.05) is 24.3 Å². The largest absolute Gasteiger partial charge is 0.383 e. The average molecular weight is 488 g/mol. The zero-order valence-corrected chi connectivity index (χ0v) is 21.2. The number of likely N-dealkylation sites (N-methyl/N-ethyl adjacent to an activating group) is 1. The summed E-state index contributed by atoms with van der Waals surface area (Å²) in [4.78, 5) is 11.8. The molecule has 0 radical (unpaired) electrons. The van der Waals surface area contributed by atoms with Gasteiger partial charge in [-0.2, -0.15) is 0 Å². The Balaban J connectivity index is 1.35. The first-order chi connectivity index (χ1) is 16.6. The molecule has 0 aromatic carbocycles. The number of aromatic nitrogens is 2. The van der Waals surface area contributed by atoms with Crippen molar-refractivity contribution in [3.05, 3.63) is 35.5 Å². The molecule has 0 atom stereocenters. The van der Waals surface area contributed by atoms with Crippen LogP contribution in [0.5, 0.6) is 0 Å². The van der Waals surface area contributed by atoms with Gasteiger partial charge in [0.1, 0.15) is 11.6 Å². The normalized spacial score (nSPS) is 21.5. The predicted molar refractivity (Wildman–Crippen MR) is 139 cm³/mol. The first kappa shape index (κ1) is 25.2. The minimum Gasteiger partial charge on any atom is -0.383 e. The van der Waals surface area contributed by atoms with E-state index in [2.05, 4.69) is 27.6 Å². The molecule has 2 fully saturated rings. The van der Waals surface area contributed by atoms with Crippen LogP contribution < -0.4 is 10.6 Å². The van der Waals surface area contributed by atoms with E-state index in [0.717, 1.165) is 81.5 Å². The fourth-order valence-electron chi connectivity index (χ4n) is 4.88. The van der Waals surface area contributed by atoms with Crippen molar-refractivity contribution in [3.8, 4) is 11.3 Å². The van der Waals surface area contributed by atoms with Gasteiger partial charge >= 0.3 is 0 Å². The molecule has 8 heteroatoms. The Morgan fingerprint density at radius 2 is 1.91 bits per heavy atom. The number of nitrogens with one attached hydrogen (secondary N) is 2. The van der Waals surface area contributed by atoms with Gasteiger partial charge in [-0.15, -0.1) is 0 Å². The molecule has 1 aliphatic heterocycles. The third-order valence-electron chi connectivity index (χ3n) is 7.11. The van der Waals surface area contributed by atoms with Gasteiger partial charge in [-0.3, -0.25) is 0 Å². The van der Waals surface area contributed by atoms with Crippen molar-refractivity contribution in [2.45, 2.75) is 50.6 Å². The van der Waals surface area contributed by atoms with Gasteiger partial charge < -0.3 is 25.0 Å². The van der Waals surface area contributed by atoms with Crippen molar-refractivity contribution >= 4 is 23.2 Å². The summed E-state index contributed by atoms with van der Waals surface area (Å²) in [6.07, 6.45) is 8.55. The van der Waals surface area contributed by atoms with Crippen LogP contribution in [0.15, 0.2) is 30.5 Å². The number of rotatable bonds is 10. The van der Waals surface area contributed by atoms with Gasteiger partial charge in [-0.05, 0) is 69.7 Å². The number of anilines is 2. The monoisotopic (exact) mass is 487 g/mol. The molecule has 0 amide bonds.